The number of hydrogen-bond acceptors (Lipinski definition) is 3. The van der Waals surface area contributed by atoms with Crippen molar-refractivity contribution in [3.63, 3.8) is 0 Å². The Hall–Kier alpha value is -1.15. The number of halogens is 1. The van der Waals surface area contributed by atoms with Gasteiger partial charge in [-0.15, -0.1) is 11.8 Å². The van der Waals surface area contributed by atoms with Gasteiger partial charge in [0.25, 0.3) is 0 Å². The zero-order valence-electron chi connectivity index (χ0n) is 10.4. The average molecular weight is 295 g/mol. The fourth-order valence-electron chi connectivity index (χ4n) is 1.85. The summed E-state index contributed by atoms with van der Waals surface area (Å²) in [6.07, 6.45) is 2.06. The Labute approximate surface area is 122 Å². The molecule has 19 heavy (non-hydrogen) atoms. The molecule has 100 valence electrons. The number of anilines is 1. The Morgan fingerprint density at radius 1 is 1.58 bits per heavy atom. The van der Waals surface area contributed by atoms with Crippen LogP contribution >= 0.6 is 23.4 Å². The predicted octanol–water partition coefficient (Wildman–Crippen LogP) is 2.48. The zero-order chi connectivity index (χ0) is 13.7. The van der Waals surface area contributed by atoms with Crippen LogP contribution < -0.4 is 11.1 Å². The Morgan fingerprint density at radius 3 is 3.11 bits per heavy atom. The summed E-state index contributed by atoms with van der Waals surface area (Å²) in [7, 11) is 0. The lowest BCUT2D eigenvalue weighted by atomic mass is 10.2. The van der Waals surface area contributed by atoms with Crippen molar-refractivity contribution in [2.24, 2.45) is 5.73 Å². The van der Waals surface area contributed by atoms with E-state index in [4.69, 9.17) is 17.3 Å². The standard InChI is InChI=1S/C14H15ClN2OS/c15-12-6-5-11(9-10(12)3-1-7-16)17-14(18)13-4-2-8-19-13/h5-6,9,13H,2,4,7-8,16H2,(H,17,18). The smallest absolute Gasteiger partial charge is 0.237 e. The summed E-state index contributed by atoms with van der Waals surface area (Å²) in [5, 5.41) is 3.54. The molecule has 0 aliphatic carbocycles. The Morgan fingerprint density at radius 2 is 2.42 bits per heavy atom. The molecule has 0 saturated carbocycles. The largest absolute Gasteiger partial charge is 0.325 e. The maximum atomic E-state index is 12.0. The van der Waals surface area contributed by atoms with Gasteiger partial charge in [-0.1, -0.05) is 23.4 Å². The molecule has 1 heterocycles. The van der Waals surface area contributed by atoms with Crippen molar-refractivity contribution in [3.05, 3.63) is 28.8 Å². The fourth-order valence-corrected chi connectivity index (χ4v) is 3.18. The van der Waals surface area contributed by atoms with E-state index in [9.17, 15) is 4.79 Å². The number of thioether (sulfide) groups is 1. The molecule has 0 bridgehead atoms. The summed E-state index contributed by atoms with van der Waals surface area (Å²) < 4.78 is 0. The summed E-state index contributed by atoms with van der Waals surface area (Å²) in [5.41, 5.74) is 6.75. The van der Waals surface area contributed by atoms with Crippen molar-refractivity contribution in [2.45, 2.75) is 18.1 Å². The summed E-state index contributed by atoms with van der Waals surface area (Å²) in [6, 6.07) is 5.30. The van der Waals surface area contributed by atoms with Gasteiger partial charge in [0.1, 0.15) is 0 Å². The molecule has 1 unspecified atom stereocenters. The van der Waals surface area contributed by atoms with Crippen molar-refractivity contribution < 1.29 is 4.79 Å². The second kappa shape index (κ2) is 6.85. The van der Waals surface area contributed by atoms with E-state index in [0.717, 1.165) is 24.3 Å². The summed E-state index contributed by atoms with van der Waals surface area (Å²) >= 11 is 7.74. The van der Waals surface area contributed by atoms with Gasteiger partial charge in [-0.2, -0.15) is 0 Å². The molecule has 5 heteroatoms. The molecule has 3 nitrogen and oxygen atoms in total. The minimum atomic E-state index is 0.0579. The molecule has 1 atom stereocenters. The first kappa shape index (κ1) is 14.3. The Balaban J connectivity index is 2.10. The van der Waals surface area contributed by atoms with Crippen molar-refractivity contribution in [3.8, 4) is 11.8 Å². The zero-order valence-corrected chi connectivity index (χ0v) is 12.0. The van der Waals surface area contributed by atoms with Crippen LogP contribution in [0.25, 0.3) is 0 Å². The van der Waals surface area contributed by atoms with Gasteiger partial charge in [0.15, 0.2) is 0 Å². The van der Waals surface area contributed by atoms with Crippen LogP contribution in [0.2, 0.25) is 5.02 Å². The Bertz CT molecular complexity index is 530. The van der Waals surface area contributed by atoms with Crippen molar-refractivity contribution in [1.29, 1.82) is 0 Å². The van der Waals surface area contributed by atoms with E-state index in [1.165, 1.54) is 0 Å². The third kappa shape index (κ3) is 3.90. The number of rotatable bonds is 2. The van der Waals surface area contributed by atoms with Gasteiger partial charge in [-0.05, 0) is 36.8 Å². The predicted molar refractivity (Wildman–Crippen MR) is 81.5 cm³/mol. The average Bonchev–Trinajstić information content (AvgIpc) is 2.93. The van der Waals surface area contributed by atoms with E-state index in [1.807, 2.05) is 0 Å². The van der Waals surface area contributed by atoms with Gasteiger partial charge < -0.3 is 11.1 Å². The van der Waals surface area contributed by atoms with Gasteiger partial charge >= 0.3 is 0 Å². The third-order valence-electron chi connectivity index (χ3n) is 2.78. The highest BCUT2D eigenvalue weighted by atomic mass is 35.5. The highest BCUT2D eigenvalue weighted by Gasteiger charge is 2.23. The van der Waals surface area contributed by atoms with E-state index in [0.29, 0.717) is 10.6 Å². The number of amides is 1. The summed E-state index contributed by atoms with van der Waals surface area (Å²) in [6.45, 7) is 0.283. The van der Waals surface area contributed by atoms with E-state index in [1.54, 1.807) is 30.0 Å². The van der Waals surface area contributed by atoms with Crippen LogP contribution in [0.5, 0.6) is 0 Å². The van der Waals surface area contributed by atoms with Crippen LogP contribution in [-0.4, -0.2) is 23.5 Å². The Kier molecular flexibility index (Phi) is 5.15. The molecule has 3 N–H and O–H groups in total. The topological polar surface area (TPSA) is 55.1 Å². The van der Waals surface area contributed by atoms with Crippen molar-refractivity contribution in [1.82, 2.24) is 0 Å². The third-order valence-corrected chi connectivity index (χ3v) is 4.49. The van der Waals surface area contributed by atoms with Gasteiger partial charge in [-0.3, -0.25) is 4.79 Å². The second-order valence-corrected chi connectivity index (χ2v) is 5.91. The molecule has 0 radical (unpaired) electrons. The normalized spacial score (nSPS) is 17.7. The number of nitrogens with two attached hydrogens (primary N) is 1. The molecule has 1 saturated heterocycles. The maximum absolute atomic E-state index is 12.0. The number of nitrogens with one attached hydrogen (secondary N) is 1. The lowest BCUT2D eigenvalue weighted by Gasteiger charge is -2.10. The van der Waals surface area contributed by atoms with Crippen LogP contribution in [0, 0.1) is 11.8 Å². The van der Waals surface area contributed by atoms with Gasteiger partial charge in [0.05, 0.1) is 16.8 Å². The molecule has 1 aromatic carbocycles. The number of hydrogen-bond donors (Lipinski definition) is 2. The van der Waals surface area contributed by atoms with Crippen LogP contribution in [-0.2, 0) is 4.79 Å². The van der Waals surface area contributed by atoms with E-state index < -0.39 is 0 Å². The monoisotopic (exact) mass is 294 g/mol. The van der Waals surface area contributed by atoms with Gasteiger partial charge in [0, 0.05) is 11.3 Å². The molecule has 1 aliphatic rings. The SMILES string of the molecule is NCC#Cc1cc(NC(=O)C2CCCS2)ccc1Cl. The first-order valence-electron chi connectivity index (χ1n) is 6.11. The fraction of sp³-hybridized carbons (Fsp3) is 0.357. The second-order valence-electron chi connectivity index (χ2n) is 4.19. The molecule has 1 aliphatic heterocycles. The van der Waals surface area contributed by atoms with E-state index in [2.05, 4.69) is 17.2 Å². The molecule has 0 spiro atoms. The van der Waals surface area contributed by atoms with Crippen LogP contribution in [0.15, 0.2) is 18.2 Å². The van der Waals surface area contributed by atoms with Gasteiger partial charge in [0.2, 0.25) is 5.91 Å². The number of carbonyl (C=O) groups is 1. The lowest BCUT2D eigenvalue weighted by Crippen LogP contribution is -2.22. The summed E-state index contributed by atoms with van der Waals surface area (Å²) in [4.78, 5) is 12.0. The van der Waals surface area contributed by atoms with Crippen LogP contribution in [0.3, 0.4) is 0 Å². The molecular formula is C14H15ClN2OS. The summed E-state index contributed by atoms with van der Waals surface area (Å²) in [5.74, 6) is 6.77. The highest BCUT2D eigenvalue weighted by Crippen LogP contribution is 2.27. The quantitative estimate of drug-likeness (QED) is 0.824. The molecule has 1 fully saturated rings. The van der Waals surface area contributed by atoms with Crippen LogP contribution in [0.4, 0.5) is 5.69 Å². The van der Waals surface area contributed by atoms with Crippen molar-refractivity contribution in [2.75, 3.05) is 17.6 Å². The molecule has 2 rings (SSSR count). The van der Waals surface area contributed by atoms with Gasteiger partial charge in [-0.25, -0.2) is 0 Å². The highest BCUT2D eigenvalue weighted by molar-refractivity contribution is 8.00. The lowest BCUT2D eigenvalue weighted by molar-refractivity contribution is -0.115. The first-order chi connectivity index (χ1) is 9.20. The van der Waals surface area contributed by atoms with E-state index in [-0.39, 0.29) is 17.7 Å². The first-order valence-corrected chi connectivity index (χ1v) is 7.54. The minimum Gasteiger partial charge on any atom is -0.325 e. The minimum absolute atomic E-state index is 0.0579. The van der Waals surface area contributed by atoms with E-state index >= 15 is 0 Å². The van der Waals surface area contributed by atoms with Crippen LogP contribution in [0.1, 0.15) is 18.4 Å². The molecular weight excluding hydrogens is 280 g/mol. The number of benzene rings is 1. The molecule has 0 aromatic heterocycles. The van der Waals surface area contributed by atoms with Crippen molar-refractivity contribution >= 4 is 35.0 Å². The maximum Gasteiger partial charge on any atom is 0.237 e. The number of carbonyl (C=O) groups excluding carboxylic acids is 1. The molecule has 1 aromatic rings. The molecule has 1 amide bonds.